The van der Waals surface area contributed by atoms with Crippen LogP contribution >= 0.6 is 0 Å². The summed E-state index contributed by atoms with van der Waals surface area (Å²) in [6.45, 7) is 2.04. The minimum Gasteiger partial charge on any atom is -0.481 e. The largest absolute Gasteiger partial charge is 0.481 e. The van der Waals surface area contributed by atoms with Gasteiger partial charge in [0, 0.05) is 12.6 Å². The lowest BCUT2D eigenvalue weighted by Crippen LogP contribution is -2.48. The number of hydrogen-bond donors (Lipinski definition) is 1. The number of amides is 1. The van der Waals surface area contributed by atoms with Crippen molar-refractivity contribution in [2.24, 2.45) is 11.8 Å². The fraction of sp³-hybridized carbons (Fsp3) is 0.529. The Morgan fingerprint density at radius 1 is 1.39 bits per heavy atom. The molecule has 6 heteroatoms. The van der Waals surface area contributed by atoms with E-state index in [1.807, 2.05) is 0 Å². The Kier molecular flexibility index (Phi) is 4.24. The summed E-state index contributed by atoms with van der Waals surface area (Å²) in [5.74, 6) is -1.18. The summed E-state index contributed by atoms with van der Waals surface area (Å²) < 4.78 is 18.7. The zero-order valence-electron chi connectivity index (χ0n) is 12.9. The number of fused-ring (bicyclic) bond motifs is 1. The fourth-order valence-corrected chi connectivity index (χ4v) is 3.88. The molecule has 1 aromatic carbocycles. The van der Waals surface area contributed by atoms with E-state index in [0.29, 0.717) is 6.54 Å². The summed E-state index contributed by atoms with van der Waals surface area (Å²) in [6, 6.07) is 4.80. The SMILES string of the molecule is C[C@H](Oc1cccc(F)c1)C(=O)N1C[C@@H]2CCC[C@H]2[C@@H]1C(=O)O. The Hall–Kier alpha value is -2.11. The van der Waals surface area contributed by atoms with Gasteiger partial charge in [0.05, 0.1) is 0 Å². The predicted octanol–water partition coefficient (Wildman–Crippen LogP) is 2.30. The zero-order valence-corrected chi connectivity index (χ0v) is 12.9. The van der Waals surface area contributed by atoms with Gasteiger partial charge < -0.3 is 14.7 Å². The highest BCUT2D eigenvalue weighted by Gasteiger charge is 2.50. The molecule has 2 fully saturated rings. The van der Waals surface area contributed by atoms with Gasteiger partial charge in [0.1, 0.15) is 17.6 Å². The molecule has 3 rings (SSSR count). The van der Waals surface area contributed by atoms with Crippen molar-refractivity contribution in [2.75, 3.05) is 6.54 Å². The maximum absolute atomic E-state index is 13.2. The molecule has 0 bridgehead atoms. The highest BCUT2D eigenvalue weighted by molar-refractivity contribution is 5.87. The smallest absolute Gasteiger partial charge is 0.326 e. The van der Waals surface area contributed by atoms with E-state index in [4.69, 9.17) is 4.74 Å². The van der Waals surface area contributed by atoms with Crippen molar-refractivity contribution in [3.63, 3.8) is 0 Å². The first-order chi connectivity index (χ1) is 11.0. The third kappa shape index (κ3) is 3.02. The molecule has 0 radical (unpaired) electrons. The van der Waals surface area contributed by atoms with E-state index >= 15 is 0 Å². The molecule has 1 N–H and O–H groups in total. The van der Waals surface area contributed by atoms with Crippen LogP contribution in [0.1, 0.15) is 26.2 Å². The third-order valence-corrected chi connectivity index (χ3v) is 4.88. The maximum atomic E-state index is 13.2. The molecule has 1 heterocycles. The van der Waals surface area contributed by atoms with Gasteiger partial charge >= 0.3 is 5.97 Å². The lowest BCUT2D eigenvalue weighted by Gasteiger charge is -2.27. The lowest BCUT2D eigenvalue weighted by molar-refractivity contribution is -0.152. The molecule has 1 aliphatic heterocycles. The van der Waals surface area contributed by atoms with Crippen LogP contribution in [0.5, 0.6) is 5.75 Å². The van der Waals surface area contributed by atoms with E-state index in [9.17, 15) is 19.1 Å². The number of ether oxygens (including phenoxy) is 1. The second-order valence-corrected chi connectivity index (χ2v) is 6.35. The second kappa shape index (κ2) is 6.18. The van der Waals surface area contributed by atoms with Gasteiger partial charge in [0.15, 0.2) is 6.10 Å². The number of carboxylic acid groups (broad SMARTS) is 1. The van der Waals surface area contributed by atoms with E-state index in [0.717, 1.165) is 19.3 Å². The number of nitrogens with zero attached hydrogens (tertiary/aromatic N) is 1. The zero-order chi connectivity index (χ0) is 16.6. The van der Waals surface area contributed by atoms with E-state index in [1.165, 1.54) is 23.1 Å². The van der Waals surface area contributed by atoms with Crippen molar-refractivity contribution in [1.82, 2.24) is 4.90 Å². The number of carbonyl (C=O) groups excluding carboxylic acids is 1. The Labute approximate surface area is 134 Å². The number of rotatable bonds is 4. The van der Waals surface area contributed by atoms with Crippen LogP contribution in [0.25, 0.3) is 0 Å². The molecule has 0 unspecified atom stereocenters. The predicted molar refractivity (Wildman–Crippen MR) is 80.5 cm³/mol. The van der Waals surface area contributed by atoms with Crippen LogP contribution in [0.4, 0.5) is 4.39 Å². The average molecular weight is 321 g/mol. The molecule has 1 saturated carbocycles. The topological polar surface area (TPSA) is 66.8 Å². The summed E-state index contributed by atoms with van der Waals surface area (Å²) in [6.07, 6.45) is 2.00. The molecule has 0 spiro atoms. The van der Waals surface area contributed by atoms with Gasteiger partial charge in [-0.2, -0.15) is 0 Å². The first kappa shape index (κ1) is 15.8. The van der Waals surface area contributed by atoms with E-state index in [2.05, 4.69) is 0 Å². The van der Waals surface area contributed by atoms with Gasteiger partial charge in [0.25, 0.3) is 5.91 Å². The fourth-order valence-electron chi connectivity index (χ4n) is 3.88. The highest BCUT2D eigenvalue weighted by Crippen LogP contribution is 2.42. The van der Waals surface area contributed by atoms with Crippen molar-refractivity contribution < 1.29 is 23.8 Å². The Morgan fingerprint density at radius 3 is 2.87 bits per heavy atom. The van der Waals surface area contributed by atoms with E-state index in [1.54, 1.807) is 13.0 Å². The second-order valence-electron chi connectivity index (χ2n) is 6.35. The number of carboxylic acids is 1. The Bertz CT molecular complexity index is 620. The first-order valence-corrected chi connectivity index (χ1v) is 7.93. The first-order valence-electron chi connectivity index (χ1n) is 7.93. The average Bonchev–Trinajstić information content (AvgIpc) is 3.06. The number of carbonyl (C=O) groups is 2. The van der Waals surface area contributed by atoms with Gasteiger partial charge in [-0.1, -0.05) is 12.5 Å². The summed E-state index contributed by atoms with van der Waals surface area (Å²) in [5.41, 5.74) is 0. The quantitative estimate of drug-likeness (QED) is 0.924. The minimum absolute atomic E-state index is 0.0396. The van der Waals surface area contributed by atoms with Crippen molar-refractivity contribution in [3.05, 3.63) is 30.1 Å². The summed E-state index contributed by atoms with van der Waals surface area (Å²) in [4.78, 5) is 25.7. The van der Waals surface area contributed by atoms with Crippen molar-refractivity contribution in [3.8, 4) is 5.75 Å². The number of aliphatic carboxylic acids is 1. The van der Waals surface area contributed by atoms with E-state index < -0.39 is 23.9 Å². The minimum atomic E-state index is -0.953. The lowest BCUT2D eigenvalue weighted by atomic mass is 9.94. The summed E-state index contributed by atoms with van der Waals surface area (Å²) >= 11 is 0. The molecule has 4 atom stereocenters. The number of likely N-dealkylation sites (tertiary alicyclic amines) is 1. The van der Waals surface area contributed by atoms with Crippen LogP contribution in [0, 0.1) is 17.7 Å². The summed E-state index contributed by atoms with van der Waals surface area (Å²) in [7, 11) is 0. The molecular weight excluding hydrogens is 301 g/mol. The van der Waals surface area contributed by atoms with Crippen LogP contribution < -0.4 is 4.74 Å². The molecule has 5 nitrogen and oxygen atoms in total. The van der Waals surface area contributed by atoms with Crippen LogP contribution in [0.3, 0.4) is 0 Å². The third-order valence-electron chi connectivity index (χ3n) is 4.88. The van der Waals surface area contributed by atoms with Gasteiger partial charge in [-0.25, -0.2) is 9.18 Å². The van der Waals surface area contributed by atoms with Gasteiger partial charge in [-0.15, -0.1) is 0 Å². The van der Waals surface area contributed by atoms with Gasteiger partial charge in [-0.05, 0) is 43.7 Å². The van der Waals surface area contributed by atoms with Gasteiger partial charge in [0.2, 0.25) is 0 Å². The van der Waals surface area contributed by atoms with Crippen LogP contribution in [0.15, 0.2) is 24.3 Å². The summed E-state index contributed by atoms with van der Waals surface area (Å²) in [5, 5.41) is 9.50. The molecule has 2 aliphatic rings. The van der Waals surface area contributed by atoms with Crippen molar-refractivity contribution >= 4 is 11.9 Å². The normalized spacial score (nSPS) is 27.6. The number of benzene rings is 1. The molecule has 124 valence electrons. The van der Waals surface area contributed by atoms with Crippen LogP contribution in [0.2, 0.25) is 0 Å². The maximum Gasteiger partial charge on any atom is 0.326 e. The molecular formula is C17H20FNO4. The number of halogens is 1. The molecule has 1 aromatic rings. The van der Waals surface area contributed by atoms with Crippen molar-refractivity contribution in [1.29, 1.82) is 0 Å². The van der Waals surface area contributed by atoms with Crippen LogP contribution in [-0.4, -0.2) is 40.6 Å². The van der Waals surface area contributed by atoms with E-state index in [-0.39, 0.29) is 23.5 Å². The molecule has 1 amide bonds. The standard InChI is InChI=1S/C17H20FNO4/c1-10(23-13-6-3-5-12(18)8-13)16(20)19-9-11-4-2-7-14(11)15(19)17(21)22/h3,5-6,8,10-11,14-15H,2,4,7,9H2,1H3,(H,21,22)/t10-,11-,14+,15+/m0/s1. The monoisotopic (exact) mass is 321 g/mol. The van der Waals surface area contributed by atoms with Crippen LogP contribution in [-0.2, 0) is 9.59 Å². The highest BCUT2D eigenvalue weighted by atomic mass is 19.1. The molecule has 1 aliphatic carbocycles. The molecule has 23 heavy (non-hydrogen) atoms. The van der Waals surface area contributed by atoms with Crippen molar-refractivity contribution in [2.45, 2.75) is 38.3 Å². The number of hydrogen-bond acceptors (Lipinski definition) is 3. The van der Waals surface area contributed by atoms with Gasteiger partial charge in [-0.3, -0.25) is 4.79 Å². The Balaban J connectivity index is 1.72. The molecule has 0 aromatic heterocycles. The Morgan fingerprint density at radius 2 is 2.17 bits per heavy atom. The molecule has 1 saturated heterocycles.